The molecule has 1 fully saturated rings. The van der Waals surface area contributed by atoms with Crippen molar-refractivity contribution in [3.8, 4) is 0 Å². The molecule has 76 valence electrons. The molecule has 0 aliphatic heterocycles. The van der Waals surface area contributed by atoms with E-state index in [0.717, 1.165) is 0 Å². The Hall–Kier alpha value is -0.570. The largest absolute Gasteiger partial charge is 0.352 e. The van der Waals surface area contributed by atoms with Crippen LogP contribution in [0.25, 0.3) is 0 Å². The van der Waals surface area contributed by atoms with Gasteiger partial charge in [-0.2, -0.15) is 0 Å². The molecule has 13 heavy (non-hydrogen) atoms. The van der Waals surface area contributed by atoms with Crippen LogP contribution in [0.15, 0.2) is 0 Å². The lowest BCUT2D eigenvalue weighted by molar-refractivity contribution is -0.126. The molecule has 1 rings (SSSR count). The molecule has 1 amide bonds. The second-order valence-electron chi connectivity index (χ2n) is 4.37. The van der Waals surface area contributed by atoms with Gasteiger partial charge in [0.25, 0.3) is 0 Å². The smallest absolute Gasteiger partial charge is 0.239 e. The van der Waals surface area contributed by atoms with Crippen molar-refractivity contribution in [1.82, 2.24) is 5.32 Å². The van der Waals surface area contributed by atoms with Crippen molar-refractivity contribution in [3.63, 3.8) is 0 Å². The molecule has 0 heterocycles. The first-order valence-electron chi connectivity index (χ1n) is 5.07. The van der Waals surface area contributed by atoms with Gasteiger partial charge in [-0.25, -0.2) is 0 Å². The Morgan fingerprint density at radius 3 is 2.62 bits per heavy atom. The minimum atomic E-state index is -0.705. The summed E-state index contributed by atoms with van der Waals surface area (Å²) < 4.78 is 0. The van der Waals surface area contributed by atoms with Crippen molar-refractivity contribution < 1.29 is 4.79 Å². The van der Waals surface area contributed by atoms with Crippen LogP contribution in [0.5, 0.6) is 0 Å². The van der Waals surface area contributed by atoms with Crippen LogP contribution < -0.4 is 11.1 Å². The summed E-state index contributed by atoms with van der Waals surface area (Å²) in [7, 11) is 0. The lowest BCUT2D eigenvalue weighted by Crippen LogP contribution is -2.53. The average molecular weight is 184 g/mol. The van der Waals surface area contributed by atoms with E-state index in [1.807, 2.05) is 6.92 Å². The zero-order valence-corrected chi connectivity index (χ0v) is 8.76. The van der Waals surface area contributed by atoms with Gasteiger partial charge in [-0.3, -0.25) is 4.79 Å². The molecule has 0 aromatic carbocycles. The van der Waals surface area contributed by atoms with Crippen LogP contribution in [0.3, 0.4) is 0 Å². The summed E-state index contributed by atoms with van der Waals surface area (Å²) >= 11 is 0. The SMILES string of the molecule is CCC(C)(N)C(=O)NC(C)C1CC1. The van der Waals surface area contributed by atoms with Gasteiger partial charge in [0.2, 0.25) is 5.91 Å². The zero-order valence-electron chi connectivity index (χ0n) is 8.76. The van der Waals surface area contributed by atoms with E-state index in [0.29, 0.717) is 18.4 Å². The third-order valence-corrected chi connectivity index (χ3v) is 2.94. The first-order valence-corrected chi connectivity index (χ1v) is 5.07. The molecule has 1 saturated carbocycles. The summed E-state index contributed by atoms with van der Waals surface area (Å²) in [5, 5.41) is 2.97. The lowest BCUT2D eigenvalue weighted by atomic mass is 9.99. The third kappa shape index (κ3) is 2.69. The summed E-state index contributed by atoms with van der Waals surface area (Å²) in [5.41, 5.74) is 5.11. The number of hydrogen-bond donors (Lipinski definition) is 2. The molecular weight excluding hydrogens is 164 g/mol. The quantitative estimate of drug-likeness (QED) is 0.685. The Bertz CT molecular complexity index is 197. The number of nitrogens with two attached hydrogens (primary N) is 1. The molecule has 0 aromatic rings. The van der Waals surface area contributed by atoms with Crippen LogP contribution in [0.2, 0.25) is 0 Å². The number of carbonyl (C=O) groups is 1. The van der Waals surface area contributed by atoms with E-state index in [9.17, 15) is 4.79 Å². The van der Waals surface area contributed by atoms with Crippen molar-refractivity contribution in [2.45, 2.75) is 51.6 Å². The minimum absolute atomic E-state index is 0.0191. The fourth-order valence-electron chi connectivity index (χ4n) is 1.25. The van der Waals surface area contributed by atoms with Gasteiger partial charge < -0.3 is 11.1 Å². The highest BCUT2D eigenvalue weighted by molar-refractivity contribution is 5.85. The van der Waals surface area contributed by atoms with Gasteiger partial charge in [0.15, 0.2) is 0 Å². The van der Waals surface area contributed by atoms with Crippen LogP contribution in [0.4, 0.5) is 0 Å². The second kappa shape index (κ2) is 3.66. The predicted molar refractivity (Wildman–Crippen MR) is 53.2 cm³/mol. The van der Waals surface area contributed by atoms with Crippen molar-refractivity contribution >= 4 is 5.91 Å². The molecule has 0 bridgehead atoms. The van der Waals surface area contributed by atoms with E-state index in [2.05, 4.69) is 12.2 Å². The molecule has 3 heteroatoms. The summed E-state index contributed by atoms with van der Waals surface area (Å²) in [6.07, 6.45) is 3.17. The van der Waals surface area contributed by atoms with Gasteiger partial charge in [0.05, 0.1) is 5.54 Å². The van der Waals surface area contributed by atoms with E-state index >= 15 is 0 Å². The van der Waals surface area contributed by atoms with E-state index in [1.54, 1.807) is 6.92 Å². The summed E-state index contributed by atoms with van der Waals surface area (Å²) in [6.45, 7) is 5.77. The van der Waals surface area contributed by atoms with Gasteiger partial charge in [-0.05, 0) is 39.0 Å². The standard InChI is InChI=1S/C10H20N2O/c1-4-10(3,11)9(13)12-7(2)8-5-6-8/h7-8H,4-6,11H2,1-3H3,(H,12,13). The van der Waals surface area contributed by atoms with Crippen molar-refractivity contribution in [2.75, 3.05) is 0 Å². The molecule has 2 atom stereocenters. The second-order valence-corrected chi connectivity index (χ2v) is 4.37. The maximum Gasteiger partial charge on any atom is 0.239 e. The Morgan fingerprint density at radius 1 is 1.69 bits per heavy atom. The number of hydrogen-bond acceptors (Lipinski definition) is 2. The molecule has 0 aromatic heterocycles. The average Bonchev–Trinajstić information content (AvgIpc) is 2.86. The van der Waals surface area contributed by atoms with E-state index in [1.165, 1.54) is 12.8 Å². The maximum absolute atomic E-state index is 11.6. The summed E-state index contributed by atoms with van der Waals surface area (Å²) in [6, 6.07) is 0.293. The van der Waals surface area contributed by atoms with Gasteiger partial charge in [-0.15, -0.1) is 0 Å². The van der Waals surface area contributed by atoms with Crippen LogP contribution in [-0.2, 0) is 4.79 Å². The first-order chi connectivity index (χ1) is 5.97. The Morgan fingerprint density at radius 2 is 2.23 bits per heavy atom. The van der Waals surface area contributed by atoms with Gasteiger partial charge in [0, 0.05) is 6.04 Å². The van der Waals surface area contributed by atoms with Crippen LogP contribution in [0.1, 0.15) is 40.0 Å². The van der Waals surface area contributed by atoms with Crippen molar-refractivity contribution in [1.29, 1.82) is 0 Å². The number of amides is 1. The molecule has 3 N–H and O–H groups in total. The fourth-order valence-corrected chi connectivity index (χ4v) is 1.25. The maximum atomic E-state index is 11.6. The van der Waals surface area contributed by atoms with Crippen LogP contribution >= 0.6 is 0 Å². The highest BCUT2D eigenvalue weighted by Crippen LogP contribution is 2.32. The minimum Gasteiger partial charge on any atom is -0.352 e. The normalized spacial score (nSPS) is 23.4. The van der Waals surface area contributed by atoms with Gasteiger partial charge >= 0.3 is 0 Å². The molecule has 0 spiro atoms. The molecule has 0 radical (unpaired) electrons. The molecule has 1 aliphatic rings. The Balaban J connectivity index is 2.39. The molecule has 3 nitrogen and oxygen atoms in total. The summed E-state index contributed by atoms with van der Waals surface area (Å²) in [4.78, 5) is 11.6. The Kier molecular flexibility index (Phi) is 2.96. The zero-order chi connectivity index (χ0) is 10.1. The number of nitrogens with one attached hydrogen (secondary N) is 1. The number of carbonyl (C=O) groups excluding carboxylic acids is 1. The summed E-state index contributed by atoms with van der Waals surface area (Å²) in [5.74, 6) is 0.672. The first kappa shape index (κ1) is 10.5. The number of rotatable bonds is 4. The Labute approximate surface area is 80.1 Å². The topological polar surface area (TPSA) is 55.1 Å². The van der Waals surface area contributed by atoms with E-state index < -0.39 is 5.54 Å². The fraction of sp³-hybridized carbons (Fsp3) is 0.900. The third-order valence-electron chi connectivity index (χ3n) is 2.94. The molecule has 2 unspecified atom stereocenters. The predicted octanol–water partition coefficient (Wildman–Crippen LogP) is 1.03. The molecule has 1 aliphatic carbocycles. The van der Waals surface area contributed by atoms with Crippen molar-refractivity contribution in [3.05, 3.63) is 0 Å². The lowest BCUT2D eigenvalue weighted by Gasteiger charge is -2.24. The van der Waals surface area contributed by atoms with Crippen LogP contribution in [0, 0.1) is 5.92 Å². The highest BCUT2D eigenvalue weighted by atomic mass is 16.2. The van der Waals surface area contributed by atoms with Gasteiger partial charge in [0.1, 0.15) is 0 Å². The van der Waals surface area contributed by atoms with Crippen LogP contribution in [-0.4, -0.2) is 17.5 Å². The molecule has 0 saturated heterocycles. The monoisotopic (exact) mass is 184 g/mol. The highest BCUT2D eigenvalue weighted by Gasteiger charge is 2.33. The van der Waals surface area contributed by atoms with Crippen molar-refractivity contribution in [2.24, 2.45) is 11.7 Å². The molecular formula is C10H20N2O. The van der Waals surface area contributed by atoms with E-state index in [-0.39, 0.29) is 5.91 Å². The van der Waals surface area contributed by atoms with Gasteiger partial charge in [-0.1, -0.05) is 6.92 Å². The van der Waals surface area contributed by atoms with E-state index in [4.69, 9.17) is 5.73 Å².